The van der Waals surface area contributed by atoms with Gasteiger partial charge in [0.15, 0.2) is 5.69 Å². The van der Waals surface area contributed by atoms with Crippen molar-refractivity contribution >= 4 is 23.4 Å². The van der Waals surface area contributed by atoms with Gasteiger partial charge in [0.25, 0.3) is 0 Å². The number of carboxylic acid groups (broad SMARTS) is 1. The number of aromatic nitrogens is 3. The van der Waals surface area contributed by atoms with E-state index in [4.69, 9.17) is 4.74 Å². The van der Waals surface area contributed by atoms with E-state index in [0.29, 0.717) is 12.2 Å². The van der Waals surface area contributed by atoms with Crippen LogP contribution in [0.15, 0.2) is 17.5 Å². The molecule has 0 fully saturated rings. The van der Waals surface area contributed by atoms with E-state index in [-0.39, 0.29) is 12.2 Å². The van der Waals surface area contributed by atoms with Crippen LogP contribution in [0, 0.1) is 0 Å². The Bertz CT molecular complexity index is 688. The molecule has 2 aromatic rings. The Hall–Kier alpha value is -2.42. The first kappa shape index (κ1) is 16.9. The van der Waals surface area contributed by atoms with E-state index in [1.54, 1.807) is 20.8 Å². The molecule has 0 unspecified atom stereocenters. The molecule has 0 aliphatic carbocycles. The number of thiophene rings is 1. The molecule has 0 aliphatic rings. The summed E-state index contributed by atoms with van der Waals surface area (Å²) in [6.45, 7) is 5.60. The average molecular weight is 338 g/mol. The third-order valence-electron chi connectivity index (χ3n) is 2.72. The van der Waals surface area contributed by atoms with Crippen LogP contribution in [0.1, 0.15) is 41.8 Å². The van der Waals surface area contributed by atoms with Gasteiger partial charge in [-0.1, -0.05) is 11.3 Å². The predicted octanol–water partition coefficient (Wildman–Crippen LogP) is 2.11. The van der Waals surface area contributed by atoms with Crippen molar-refractivity contribution in [3.05, 3.63) is 33.8 Å². The summed E-state index contributed by atoms with van der Waals surface area (Å²) >= 11 is 1.53. The molecule has 0 bridgehead atoms. The van der Waals surface area contributed by atoms with E-state index in [1.807, 2.05) is 17.5 Å². The van der Waals surface area contributed by atoms with Gasteiger partial charge in [-0.2, -0.15) is 0 Å². The average Bonchev–Trinajstić information content (AvgIpc) is 3.04. The van der Waals surface area contributed by atoms with Crippen molar-refractivity contribution in [3.63, 3.8) is 0 Å². The number of hydrogen-bond donors (Lipinski definition) is 2. The molecule has 2 N–H and O–H groups in total. The van der Waals surface area contributed by atoms with Crippen LogP contribution >= 0.6 is 11.3 Å². The van der Waals surface area contributed by atoms with Gasteiger partial charge >= 0.3 is 12.1 Å². The zero-order valence-electron chi connectivity index (χ0n) is 13.1. The molecule has 2 rings (SSSR count). The fourth-order valence-electron chi connectivity index (χ4n) is 1.82. The van der Waals surface area contributed by atoms with Crippen molar-refractivity contribution < 1.29 is 19.4 Å². The van der Waals surface area contributed by atoms with Crippen LogP contribution in [0.5, 0.6) is 0 Å². The highest BCUT2D eigenvalue weighted by Crippen LogP contribution is 2.14. The van der Waals surface area contributed by atoms with Crippen molar-refractivity contribution in [1.29, 1.82) is 0 Å². The second kappa shape index (κ2) is 6.78. The minimum atomic E-state index is -1.19. The molecule has 0 atom stereocenters. The highest BCUT2D eigenvalue weighted by atomic mass is 32.1. The number of nitrogens with zero attached hydrogens (tertiary/aromatic N) is 3. The Balaban J connectivity index is 2.13. The molecular formula is C14H18N4O4S. The topological polar surface area (TPSA) is 106 Å². The first-order valence-corrected chi connectivity index (χ1v) is 7.79. The third-order valence-corrected chi connectivity index (χ3v) is 3.59. The summed E-state index contributed by atoms with van der Waals surface area (Å²) in [6, 6.07) is 3.81. The monoisotopic (exact) mass is 338 g/mol. The quantitative estimate of drug-likeness (QED) is 0.865. The Labute approximate surface area is 137 Å². The molecule has 0 saturated heterocycles. The van der Waals surface area contributed by atoms with Crippen molar-refractivity contribution in [2.45, 2.75) is 39.5 Å². The number of carboxylic acids is 1. The summed E-state index contributed by atoms with van der Waals surface area (Å²) in [5, 5.41) is 21.2. The second-order valence-electron chi connectivity index (χ2n) is 5.78. The molecule has 2 heterocycles. The number of carbonyl (C=O) groups excluding carboxylic acids is 1. The minimum Gasteiger partial charge on any atom is -0.476 e. The summed E-state index contributed by atoms with van der Waals surface area (Å²) in [5.41, 5.74) is -0.496. The minimum absolute atomic E-state index is 0.0328. The van der Waals surface area contributed by atoms with Gasteiger partial charge in [-0.3, -0.25) is 0 Å². The van der Waals surface area contributed by atoms with E-state index in [2.05, 4.69) is 15.6 Å². The summed E-state index contributed by atoms with van der Waals surface area (Å²) < 4.78 is 6.60. The van der Waals surface area contributed by atoms with Crippen molar-refractivity contribution in [2.75, 3.05) is 0 Å². The van der Waals surface area contributed by atoms with Gasteiger partial charge in [0.1, 0.15) is 5.60 Å². The van der Waals surface area contributed by atoms with Gasteiger partial charge in [0, 0.05) is 4.88 Å². The Kier molecular flexibility index (Phi) is 4.99. The lowest BCUT2D eigenvalue weighted by atomic mass is 10.2. The van der Waals surface area contributed by atoms with Gasteiger partial charge in [-0.25, -0.2) is 14.3 Å². The smallest absolute Gasteiger partial charge is 0.407 e. The zero-order valence-corrected chi connectivity index (χ0v) is 13.9. The van der Waals surface area contributed by atoms with Crippen LogP contribution in [0.4, 0.5) is 4.79 Å². The largest absolute Gasteiger partial charge is 0.476 e. The lowest BCUT2D eigenvalue weighted by Crippen LogP contribution is -2.33. The molecule has 2 aromatic heterocycles. The molecular weight excluding hydrogens is 320 g/mol. The Morgan fingerprint density at radius 2 is 2.17 bits per heavy atom. The number of aromatic carboxylic acids is 1. The molecule has 0 spiro atoms. The maximum Gasteiger partial charge on any atom is 0.407 e. The molecule has 0 aromatic carbocycles. The highest BCUT2D eigenvalue weighted by Gasteiger charge is 2.21. The molecule has 8 nitrogen and oxygen atoms in total. The molecule has 0 radical (unpaired) electrons. The second-order valence-corrected chi connectivity index (χ2v) is 6.81. The first-order chi connectivity index (χ1) is 10.8. The summed E-state index contributed by atoms with van der Waals surface area (Å²) in [7, 11) is 0. The van der Waals surface area contributed by atoms with E-state index >= 15 is 0 Å². The molecule has 124 valence electrons. The Morgan fingerprint density at radius 3 is 2.74 bits per heavy atom. The standard InChI is InChI=1S/C14H18N4O4S/c1-14(2,3)22-13(21)15-7-10-11(12(19)20)16-17-18(10)8-9-5-4-6-23-9/h4-6H,7-8H2,1-3H3,(H,15,21)(H,19,20). The van der Waals surface area contributed by atoms with Crippen LogP contribution in [0.25, 0.3) is 0 Å². The molecule has 1 amide bonds. The summed E-state index contributed by atoms with van der Waals surface area (Å²) in [6.07, 6.45) is -0.627. The van der Waals surface area contributed by atoms with Crippen LogP contribution in [-0.4, -0.2) is 37.8 Å². The SMILES string of the molecule is CC(C)(C)OC(=O)NCc1c(C(=O)O)nnn1Cc1cccs1. The van der Waals surface area contributed by atoms with E-state index in [9.17, 15) is 14.7 Å². The number of rotatable bonds is 5. The van der Waals surface area contributed by atoms with E-state index in [0.717, 1.165) is 4.88 Å². The lowest BCUT2D eigenvalue weighted by Gasteiger charge is -2.19. The fraction of sp³-hybridized carbons (Fsp3) is 0.429. The lowest BCUT2D eigenvalue weighted by molar-refractivity contribution is 0.0519. The fourth-order valence-corrected chi connectivity index (χ4v) is 2.51. The van der Waals surface area contributed by atoms with Crippen LogP contribution in [0.2, 0.25) is 0 Å². The molecule has 0 saturated carbocycles. The van der Waals surface area contributed by atoms with Gasteiger partial charge < -0.3 is 15.2 Å². The van der Waals surface area contributed by atoms with E-state index in [1.165, 1.54) is 16.0 Å². The number of hydrogen-bond acceptors (Lipinski definition) is 6. The highest BCUT2D eigenvalue weighted by molar-refractivity contribution is 7.09. The maximum absolute atomic E-state index is 11.7. The summed E-state index contributed by atoms with van der Waals surface area (Å²) in [4.78, 5) is 24.0. The van der Waals surface area contributed by atoms with Crippen molar-refractivity contribution in [2.24, 2.45) is 0 Å². The van der Waals surface area contributed by atoms with Gasteiger partial charge in [0.05, 0.1) is 18.8 Å². The third kappa shape index (κ3) is 4.78. The number of amides is 1. The van der Waals surface area contributed by atoms with Gasteiger partial charge in [-0.05, 0) is 32.2 Å². The van der Waals surface area contributed by atoms with Crippen LogP contribution in [0.3, 0.4) is 0 Å². The number of carbonyl (C=O) groups is 2. The maximum atomic E-state index is 11.7. The van der Waals surface area contributed by atoms with Gasteiger partial charge in [-0.15, -0.1) is 16.4 Å². The number of ether oxygens (including phenoxy) is 1. The summed E-state index contributed by atoms with van der Waals surface area (Å²) in [5.74, 6) is -1.19. The van der Waals surface area contributed by atoms with E-state index < -0.39 is 17.7 Å². The molecule has 0 aliphatic heterocycles. The Morgan fingerprint density at radius 1 is 1.43 bits per heavy atom. The first-order valence-electron chi connectivity index (χ1n) is 6.91. The van der Waals surface area contributed by atoms with Crippen molar-refractivity contribution in [1.82, 2.24) is 20.3 Å². The number of alkyl carbamates (subject to hydrolysis) is 1. The van der Waals surface area contributed by atoms with Crippen molar-refractivity contribution in [3.8, 4) is 0 Å². The van der Waals surface area contributed by atoms with Crippen LogP contribution in [-0.2, 0) is 17.8 Å². The normalized spacial score (nSPS) is 11.3. The zero-order chi connectivity index (χ0) is 17.0. The predicted molar refractivity (Wildman–Crippen MR) is 83.5 cm³/mol. The molecule has 23 heavy (non-hydrogen) atoms. The molecule has 9 heteroatoms. The van der Waals surface area contributed by atoms with Gasteiger partial charge in [0.2, 0.25) is 0 Å². The number of nitrogens with one attached hydrogen (secondary N) is 1. The van der Waals surface area contributed by atoms with Crippen LogP contribution < -0.4 is 5.32 Å².